The van der Waals surface area contributed by atoms with Crippen LogP contribution >= 0.6 is 0 Å². The number of aromatic nitrogens is 1. The molecule has 0 saturated heterocycles. The summed E-state index contributed by atoms with van der Waals surface area (Å²) in [4.78, 5) is 19.4. The lowest BCUT2D eigenvalue weighted by Crippen LogP contribution is -2.36. The monoisotopic (exact) mass is 389 g/mol. The highest BCUT2D eigenvalue weighted by molar-refractivity contribution is 5.95. The molecule has 2 aromatic carbocycles. The fourth-order valence-corrected chi connectivity index (χ4v) is 3.06. The maximum Gasteiger partial charge on any atom is 0.254 e. The van der Waals surface area contributed by atoms with E-state index in [1.165, 1.54) is 0 Å². The molecule has 1 amide bonds. The number of pyridine rings is 1. The van der Waals surface area contributed by atoms with E-state index < -0.39 is 0 Å². The molecule has 1 heterocycles. The lowest BCUT2D eigenvalue weighted by Gasteiger charge is -2.27. The second-order valence-corrected chi connectivity index (χ2v) is 7.00. The molecule has 1 N–H and O–H groups in total. The predicted molar refractivity (Wildman–Crippen MR) is 117 cm³/mol. The highest BCUT2D eigenvalue weighted by Gasteiger charge is 2.20. The van der Waals surface area contributed by atoms with Gasteiger partial charge in [0.1, 0.15) is 11.6 Å². The molecule has 0 spiro atoms. The van der Waals surface area contributed by atoms with E-state index in [0.717, 1.165) is 17.0 Å². The van der Waals surface area contributed by atoms with E-state index in [-0.39, 0.29) is 11.9 Å². The predicted octanol–water partition coefficient (Wildman–Crippen LogP) is 5.27. The highest BCUT2D eigenvalue weighted by atomic mass is 16.5. The van der Waals surface area contributed by atoms with Crippen LogP contribution in [0.4, 0.5) is 11.5 Å². The molecule has 0 aliphatic heterocycles. The van der Waals surface area contributed by atoms with Crippen molar-refractivity contribution in [2.24, 2.45) is 0 Å². The quantitative estimate of drug-likeness (QED) is 0.570. The van der Waals surface area contributed by atoms with Crippen molar-refractivity contribution in [1.29, 1.82) is 0 Å². The van der Waals surface area contributed by atoms with E-state index in [9.17, 15) is 4.79 Å². The van der Waals surface area contributed by atoms with Gasteiger partial charge in [-0.25, -0.2) is 4.98 Å². The SMILES string of the molecule is CCOc1ccccc1Nc1cc(C(=O)N(Cc2ccccc2)C(C)C)ccn1. The van der Waals surface area contributed by atoms with Crippen LogP contribution in [0.2, 0.25) is 0 Å². The number of carbonyl (C=O) groups is 1. The van der Waals surface area contributed by atoms with Gasteiger partial charge >= 0.3 is 0 Å². The zero-order valence-corrected chi connectivity index (χ0v) is 17.1. The van der Waals surface area contributed by atoms with Gasteiger partial charge in [-0.1, -0.05) is 42.5 Å². The standard InChI is InChI=1S/C24H27N3O2/c1-4-29-22-13-9-8-12-21(22)26-23-16-20(14-15-25-23)24(28)27(18(2)3)17-19-10-6-5-7-11-19/h5-16,18H,4,17H2,1-3H3,(H,25,26). The molecule has 0 aliphatic rings. The molecule has 0 unspecified atom stereocenters. The van der Waals surface area contributed by atoms with Crippen molar-refractivity contribution < 1.29 is 9.53 Å². The van der Waals surface area contributed by atoms with Gasteiger partial charge in [-0.15, -0.1) is 0 Å². The molecule has 0 bridgehead atoms. The van der Waals surface area contributed by atoms with Crippen LogP contribution in [0.15, 0.2) is 72.9 Å². The van der Waals surface area contributed by atoms with Crippen molar-refractivity contribution in [3.63, 3.8) is 0 Å². The molecule has 29 heavy (non-hydrogen) atoms. The lowest BCUT2D eigenvalue weighted by molar-refractivity contribution is 0.0690. The van der Waals surface area contributed by atoms with E-state index in [1.54, 1.807) is 18.3 Å². The van der Waals surface area contributed by atoms with Crippen LogP contribution in [0.3, 0.4) is 0 Å². The minimum atomic E-state index is -0.0209. The van der Waals surface area contributed by atoms with Gasteiger partial charge in [0.2, 0.25) is 0 Å². The average Bonchev–Trinajstić information content (AvgIpc) is 2.74. The average molecular weight is 389 g/mol. The number of hydrogen-bond donors (Lipinski definition) is 1. The van der Waals surface area contributed by atoms with E-state index in [4.69, 9.17) is 4.74 Å². The van der Waals surface area contributed by atoms with Gasteiger partial charge in [-0.3, -0.25) is 4.79 Å². The molecular formula is C24H27N3O2. The van der Waals surface area contributed by atoms with Crippen LogP contribution < -0.4 is 10.1 Å². The Morgan fingerprint density at radius 3 is 2.52 bits per heavy atom. The zero-order chi connectivity index (χ0) is 20.6. The summed E-state index contributed by atoms with van der Waals surface area (Å²) >= 11 is 0. The Morgan fingerprint density at radius 1 is 1.07 bits per heavy atom. The summed E-state index contributed by atoms with van der Waals surface area (Å²) in [7, 11) is 0. The van der Waals surface area contributed by atoms with Crippen LogP contribution in [-0.2, 0) is 6.54 Å². The lowest BCUT2D eigenvalue weighted by atomic mass is 10.1. The third-order valence-electron chi connectivity index (χ3n) is 4.54. The molecule has 0 atom stereocenters. The Labute approximate surface area is 172 Å². The summed E-state index contributed by atoms with van der Waals surface area (Å²) < 4.78 is 5.66. The maximum absolute atomic E-state index is 13.2. The van der Waals surface area contributed by atoms with Crippen molar-refractivity contribution in [3.8, 4) is 5.75 Å². The van der Waals surface area contributed by atoms with Crippen LogP contribution in [0.5, 0.6) is 5.75 Å². The van der Waals surface area contributed by atoms with Crippen molar-refractivity contribution in [2.45, 2.75) is 33.4 Å². The summed E-state index contributed by atoms with van der Waals surface area (Å²) in [5.41, 5.74) is 2.52. The minimum Gasteiger partial charge on any atom is -0.492 e. The van der Waals surface area contributed by atoms with Gasteiger partial charge in [0.25, 0.3) is 5.91 Å². The number of hydrogen-bond acceptors (Lipinski definition) is 4. The largest absolute Gasteiger partial charge is 0.492 e. The Balaban J connectivity index is 1.81. The molecule has 0 fully saturated rings. The van der Waals surface area contributed by atoms with E-state index in [1.807, 2.05) is 80.3 Å². The summed E-state index contributed by atoms with van der Waals surface area (Å²) in [5.74, 6) is 1.33. The number of amides is 1. The fraction of sp³-hybridized carbons (Fsp3) is 0.250. The number of rotatable bonds is 8. The van der Waals surface area contributed by atoms with Gasteiger partial charge in [0.15, 0.2) is 0 Å². The summed E-state index contributed by atoms with van der Waals surface area (Å²) in [6.07, 6.45) is 1.65. The molecular weight excluding hydrogens is 362 g/mol. The normalized spacial score (nSPS) is 10.6. The zero-order valence-electron chi connectivity index (χ0n) is 17.1. The van der Waals surface area contributed by atoms with E-state index in [2.05, 4.69) is 10.3 Å². The second-order valence-electron chi connectivity index (χ2n) is 7.00. The Hall–Kier alpha value is -3.34. The molecule has 1 aromatic heterocycles. The molecule has 0 radical (unpaired) electrons. The smallest absolute Gasteiger partial charge is 0.254 e. The third-order valence-corrected chi connectivity index (χ3v) is 4.54. The summed E-state index contributed by atoms with van der Waals surface area (Å²) in [6, 6.07) is 21.3. The molecule has 0 aliphatic carbocycles. The number of carbonyl (C=O) groups excluding carboxylic acids is 1. The van der Waals surface area contributed by atoms with Crippen molar-refractivity contribution >= 4 is 17.4 Å². The first-order valence-corrected chi connectivity index (χ1v) is 9.88. The number of anilines is 2. The van der Waals surface area contributed by atoms with Gasteiger partial charge in [0.05, 0.1) is 12.3 Å². The minimum absolute atomic E-state index is 0.0209. The number of ether oxygens (including phenoxy) is 1. The van der Waals surface area contributed by atoms with Gasteiger partial charge in [-0.2, -0.15) is 0 Å². The van der Waals surface area contributed by atoms with Crippen molar-refractivity contribution in [1.82, 2.24) is 9.88 Å². The first-order chi connectivity index (χ1) is 14.1. The summed E-state index contributed by atoms with van der Waals surface area (Å²) in [5, 5.41) is 3.26. The van der Waals surface area contributed by atoms with Crippen molar-refractivity contribution in [3.05, 3.63) is 84.1 Å². The molecule has 3 aromatic rings. The van der Waals surface area contributed by atoms with Crippen LogP contribution in [-0.4, -0.2) is 28.4 Å². The van der Waals surface area contributed by atoms with Crippen LogP contribution in [0.1, 0.15) is 36.7 Å². The number of benzene rings is 2. The molecule has 5 nitrogen and oxygen atoms in total. The molecule has 0 saturated carbocycles. The molecule has 3 rings (SSSR count). The van der Waals surface area contributed by atoms with Crippen LogP contribution in [0.25, 0.3) is 0 Å². The van der Waals surface area contributed by atoms with E-state index >= 15 is 0 Å². The number of para-hydroxylation sites is 2. The fourth-order valence-electron chi connectivity index (χ4n) is 3.06. The number of nitrogens with zero attached hydrogens (tertiary/aromatic N) is 2. The van der Waals surface area contributed by atoms with Crippen molar-refractivity contribution in [2.75, 3.05) is 11.9 Å². The first kappa shape index (κ1) is 20.4. The molecule has 5 heteroatoms. The first-order valence-electron chi connectivity index (χ1n) is 9.88. The second kappa shape index (κ2) is 9.73. The van der Waals surface area contributed by atoms with Crippen LogP contribution in [0, 0.1) is 0 Å². The highest BCUT2D eigenvalue weighted by Crippen LogP contribution is 2.27. The Morgan fingerprint density at radius 2 is 1.79 bits per heavy atom. The van der Waals surface area contributed by atoms with Gasteiger partial charge < -0.3 is 15.0 Å². The number of nitrogens with one attached hydrogen (secondary N) is 1. The maximum atomic E-state index is 13.2. The third kappa shape index (κ3) is 5.35. The van der Waals surface area contributed by atoms with Gasteiger partial charge in [-0.05, 0) is 50.6 Å². The Bertz CT molecular complexity index is 942. The van der Waals surface area contributed by atoms with Gasteiger partial charge in [0, 0.05) is 24.3 Å². The summed E-state index contributed by atoms with van der Waals surface area (Å²) in [6.45, 7) is 7.14. The molecule has 150 valence electrons. The topological polar surface area (TPSA) is 54.5 Å². The Kier molecular flexibility index (Phi) is 6.85. The van der Waals surface area contributed by atoms with E-state index in [0.29, 0.717) is 24.5 Å².